The van der Waals surface area contributed by atoms with Gasteiger partial charge in [0.05, 0.1) is 16.3 Å². The van der Waals surface area contributed by atoms with Crippen LogP contribution in [0.3, 0.4) is 0 Å². The van der Waals surface area contributed by atoms with Crippen molar-refractivity contribution in [3.05, 3.63) is 70.0 Å². The number of amides is 1. The predicted molar refractivity (Wildman–Crippen MR) is 91.4 cm³/mol. The summed E-state index contributed by atoms with van der Waals surface area (Å²) in [4.78, 5) is 16.2. The van der Waals surface area contributed by atoms with Crippen LogP contribution in [0.5, 0.6) is 0 Å². The summed E-state index contributed by atoms with van der Waals surface area (Å²) in [5, 5.41) is 3.21. The molecule has 0 aliphatic rings. The van der Waals surface area contributed by atoms with Gasteiger partial charge >= 0.3 is 6.18 Å². The first-order chi connectivity index (χ1) is 12.2. The molecule has 1 N–H and O–H groups in total. The van der Waals surface area contributed by atoms with Gasteiger partial charge in [0, 0.05) is 10.6 Å². The Bertz CT molecular complexity index is 953. The molecule has 1 amide bonds. The van der Waals surface area contributed by atoms with E-state index < -0.39 is 17.6 Å². The molecule has 0 bridgehead atoms. The fraction of sp³-hybridized carbons (Fsp3) is 0.0588. The van der Waals surface area contributed by atoms with Crippen LogP contribution in [-0.4, -0.2) is 10.9 Å². The molecule has 26 heavy (non-hydrogen) atoms. The van der Waals surface area contributed by atoms with Crippen molar-refractivity contribution < 1.29 is 22.4 Å². The zero-order valence-electron chi connectivity index (χ0n) is 12.8. The maximum absolute atomic E-state index is 12.6. The summed E-state index contributed by atoms with van der Waals surface area (Å²) in [5.74, 6) is -0.586. The van der Waals surface area contributed by atoms with Crippen LogP contribution in [0.15, 0.2) is 53.1 Å². The highest BCUT2D eigenvalue weighted by atomic mass is 35.5. The first-order valence-electron chi connectivity index (χ1n) is 7.13. The molecular formula is C17H9Cl2F3N2O2. The maximum Gasteiger partial charge on any atom is 0.416 e. The van der Waals surface area contributed by atoms with Crippen LogP contribution in [0.25, 0.3) is 11.5 Å². The fourth-order valence-electron chi connectivity index (χ4n) is 2.09. The summed E-state index contributed by atoms with van der Waals surface area (Å²) in [6, 6.07) is 8.80. The predicted octanol–water partition coefficient (Wildman–Crippen LogP) is 5.92. The van der Waals surface area contributed by atoms with Crippen molar-refractivity contribution in [2.75, 3.05) is 5.32 Å². The molecule has 0 saturated heterocycles. The average Bonchev–Trinajstić information content (AvgIpc) is 3.08. The monoisotopic (exact) mass is 400 g/mol. The molecule has 3 rings (SSSR count). The number of anilines is 1. The Balaban J connectivity index is 1.79. The lowest BCUT2D eigenvalue weighted by Gasteiger charge is -2.06. The van der Waals surface area contributed by atoms with Crippen LogP contribution in [0.2, 0.25) is 10.0 Å². The van der Waals surface area contributed by atoms with Gasteiger partial charge in [-0.25, -0.2) is 4.98 Å². The molecule has 0 aliphatic heterocycles. The third-order valence-electron chi connectivity index (χ3n) is 3.37. The normalized spacial score (nSPS) is 11.4. The van der Waals surface area contributed by atoms with Gasteiger partial charge in [-0.05, 0) is 42.5 Å². The molecule has 0 spiro atoms. The minimum Gasteiger partial charge on any atom is -0.444 e. The highest BCUT2D eigenvalue weighted by Gasteiger charge is 2.30. The van der Waals surface area contributed by atoms with Crippen molar-refractivity contribution in [2.24, 2.45) is 0 Å². The molecule has 0 unspecified atom stereocenters. The number of hydrogen-bond donors (Lipinski definition) is 1. The summed E-state index contributed by atoms with van der Waals surface area (Å²) in [6.07, 6.45) is -3.34. The van der Waals surface area contributed by atoms with E-state index in [1.54, 1.807) is 6.07 Å². The van der Waals surface area contributed by atoms with Crippen LogP contribution >= 0.6 is 23.2 Å². The summed E-state index contributed by atoms with van der Waals surface area (Å²) < 4.78 is 42.9. The molecule has 0 saturated carbocycles. The first-order valence-corrected chi connectivity index (χ1v) is 7.89. The topological polar surface area (TPSA) is 55.1 Å². The van der Waals surface area contributed by atoms with Crippen LogP contribution in [0.1, 0.15) is 16.1 Å². The van der Waals surface area contributed by atoms with Crippen LogP contribution in [-0.2, 0) is 6.18 Å². The number of rotatable bonds is 3. The molecule has 0 aliphatic carbocycles. The Hall–Kier alpha value is -2.51. The van der Waals surface area contributed by atoms with Crippen molar-refractivity contribution >= 4 is 34.8 Å². The Kier molecular flexibility index (Phi) is 4.93. The molecule has 0 atom stereocenters. The van der Waals surface area contributed by atoms with Gasteiger partial charge in [0.25, 0.3) is 5.91 Å². The largest absolute Gasteiger partial charge is 0.444 e. The molecular weight excluding hydrogens is 392 g/mol. The van der Waals surface area contributed by atoms with E-state index in [-0.39, 0.29) is 16.6 Å². The number of carbonyl (C=O) groups excluding carboxylic acids is 1. The second-order valence-electron chi connectivity index (χ2n) is 5.19. The standard InChI is InChI=1S/C17H9Cl2F3N2O2/c18-11-5-6-12(19)13(7-11)23-15(25)14-8-26-16(24-14)9-1-3-10(4-2-9)17(20,21)22/h1-8H,(H,23,25). The third-order valence-corrected chi connectivity index (χ3v) is 3.94. The summed E-state index contributed by atoms with van der Waals surface area (Å²) in [5.41, 5.74) is -0.251. The van der Waals surface area contributed by atoms with E-state index in [1.165, 1.54) is 24.3 Å². The van der Waals surface area contributed by atoms with Crippen molar-refractivity contribution in [3.8, 4) is 11.5 Å². The van der Waals surface area contributed by atoms with E-state index in [0.717, 1.165) is 18.4 Å². The van der Waals surface area contributed by atoms with Crippen LogP contribution in [0.4, 0.5) is 18.9 Å². The number of alkyl halides is 3. The van der Waals surface area contributed by atoms with Gasteiger partial charge in [-0.3, -0.25) is 4.79 Å². The zero-order valence-corrected chi connectivity index (χ0v) is 14.3. The molecule has 1 heterocycles. The fourth-order valence-corrected chi connectivity index (χ4v) is 2.43. The molecule has 0 radical (unpaired) electrons. The molecule has 9 heteroatoms. The van der Waals surface area contributed by atoms with Crippen molar-refractivity contribution in [3.63, 3.8) is 0 Å². The van der Waals surface area contributed by atoms with E-state index in [4.69, 9.17) is 27.6 Å². The van der Waals surface area contributed by atoms with Crippen LogP contribution < -0.4 is 5.32 Å². The quantitative estimate of drug-likeness (QED) is 0.593. The molecule has 3 aromatic rings. The number of aromatic nitrogens is 1. The second-order valence-corrected chi connectivity index (χ2v) is 6.03. The number of carbonyl (C=O) groups is 1. The minimum absolute atomic E-state index is 0.0149. The highest BCUT2D eigenvalue weighted by Crippen LogP contribution is 2.31. The van der Waals surface area contributed by atoms with Crippen molar-refractivity contribution in [1.29, 1.82) is 0 Å². The van der Waals surface area contributed by atoms with Gasteiger partial charge in [-0.15, -0.1) is 0 Å². The van der Waals surface area contributed by atoms with E-state index in [2.05, 4.69) is 10.3 Å². The number of nitrogens with one attached hydrogen (secondary N) is 1. The Morgan fingerprint density at radius 2 is 1.77 bits per heavy atom. The molecule has 1 aromatic heterocycles. The molecule has 4 nitrogen and oxygen atoms in total. The SMILES string of the molecule is O=C(Nc1cc(Cl)ccc1Cl)c1coc(-c2ccc(C(F)(F)F)cc2)n1. The number of oxazole rings is 1. The van der Waals surface area contributed by atoms with Crippen molar-refractivity contribution in [2.45, 2.75) is 6.18 Å². The van der Waals surface area contributed by atoms with Crippen LogP contribution in [0, 0.1) is 0 Å². The lowest BCUT2D eigenvalue weighted by atomic mass is 10.1. The van der Waals surface area contributed by atoms with E-state index in [0.29, 0.717) is 16.3 Å². The third kappa shape index (κ3) is 4.00. The summed E-state index contributed by atoms with van der Waals surface area (Å²) >= 11 is 11.8. The Labute approximate surface area is 155 Å². The van der Waals surface area contributed by atoms with Gasteiger partial charge in [-0.2, -0.15) is 13.2 Å². The minimum atomic E-state index is -4.43. The highest BCUT2D eigenvalue weighted by molar-refractivity contribution is 6.35. The Morgan fingerprint density at radius 1 is 1.08 bits per heavy atom. The van der Waals surface area contributed by atoms with Gasteiger partial charge in [0.2, 0.25) is 5.89 Å². The van der Waals surface area contributed by atoms with E-state index in [9.17, 15) is 18.0 Å². The van der Waals surface area contributed by atoms with Gasteiger partial charge in [0.15, 0.2) is 5.69 Å². The first kappa shape index (κ1) is 18.3. The zero-order chi connectivity index (χ0) is 18.9. The van der Waals surface area contributed by atoms with Gasteiger partial charge in [-0.1, -0.05) is 23.2 Å². The number of halogens is 5. The second kappa shape index (κ2) is 7.01. The summed E-state index contributed by atoms with van der Waals surface area (Å²) in [7, 11) is 0. The molecule has 2 aromatic carbocycles. The molecule has 0 fully saturated rings. The number of benzene rings is 2. The Morgan fingerprint density at radius 3 is 2.42 bits per heavy atom. The van der Waals surface area contributed by atoms with Crippen molar-refractivity contribution in [1.82, 2.24) is 4.98 Å². The maximum atomic E-state index is 12.6. The molecule has 134 valence electrons. The number of hydrogen-bond acceptors (Lipinski definition) is 3. The van der Waals surface area contributed by atoms with E-state index >= 15 is 0 Å². The number of nitrogens with zero attached hydrogens (tertiary/aromatic N) is 1. The lowest BCUT2D eigenvalue weighted by molar-refractivity contribution is -0.137. The van der Waals surface area contributed by atoms with Gasteiger partial charge in [0.1, 0.15) is 6.26 Å². The lowest BCUT2D eigenvalue weighted by Crippen LogP contribution is -2.12. The smallest absolute Gasteiger partial charge is 0.416 e. The summed E-state index contributed by atoms with van der Waals surface area (Å²) in [6.45, 7) is 0. The van der Waals surface area contributed by atoms with Gasteiger partial charge < -0.3 is 9.73 Å². The van der Waals surface area contributed by atoms with E-state index in [1.807, 2.05) is 0 Å². The average molecular weight is 401 g/mol.